The van der Waals surface area contributed by atoms with Crippen molar-refractivity contribution in [1.29, 1.82) is 0 Å². The van der Waals surface area contributed by atoms with Gasteiger partial charge in [-0.25, -0.2) is 0 Å². The van der Waals surface area contributed by atoms with E-state index in [-0.39, 0.29) is 12.5 Å². The average molecular weight is 291 g/mol. The van der Waals surface area contributed by atoms with Gasteiger partial charge in [0.15, 0.2) is 0 Å². The minimum absolute atomic E-state index is 0.0499. The second-order valence-corrected chi connectivity index (χ2v) is 5.11. The molecule has 0 aliphatic carbocycles. The van der Waals surface area contributed by atoms with E-state index in [1.54, 1.807) is 0 Å². The summed E-state index contributed by atoms with van der Waals surface area (Å²) < 4.78 is 5.63. The molecule has 0 aliphatic rings. The Hall–Kier alpha value is -1.51. The highest BCUT2D eigenvalue weighted by atomic mass is 35.5. The molecule has 0 fully saturated rings. The van der Waals surface area contributed by atoms with Gasteiger partial charge in [0.25, 0.3) is 0 Å². The van der Waals surface area contributed by atoms with Gasteiger partial charge in [0.1, 0.15) is 5.75 Å². The maximum atomic E-state index is 9.66. The molecule has 0 spiro atoms. The van der Waals surface area contributed by atoms with Gasteiger partial charge < -0.3 is 9.84 Å². The summed E-state index contributed by atoms with van der Waals surface area (Å²) in [6.45, 7) is 2.71. The molecule has 0 amide bonds. The molecule has 0 aliphatic heterocycles. The highest BCUT2D eigenvalue weighted by Gasteiger charge is 2.14. The molecule has 0 saturated carbocycles. The molecule has 0 heterocycles. The Balaban J connectivity index is 2.20. The fourth-order valence-corrected chi connectivity index (χ4v) is 2.38. The SMILES string of the molecule is CCOc1ccccc1CC(CO)c1ccc(Cl)cc1. The van der Waals surface area contributed by atoms with Gasteiger partial charge >= 0.3 is 0 Å². The van der Waals surface area contributed by atoms with Gasteiger partial charge in [0.2, 0.25) is 0 Å². The topological polar surface area (TPSA) is 29.5 Å². The van der Waals surface area contributed by atoms with E-state index in [4.69, 9.17) is 16.3 Å². The first-order chi connectivity index (χ1) is 9.74. The standard InChI is InChI=1S/C17H19ClO2/c1-2-20-17-6-4-3-5-14(17)11-15(12-19)13-7-9-16(18)10-8-13/h3-10,15,19H,2,11-12H2,1H3. The van der Waals surface area contributed by atoms with Crippen molar-refractivity contribution >= 4 is 11.6 Å². The van der Waals surface area contributed by atoms with Gasteiger partial charge in [-0.1, -0.05) is 41.9 Å². The Bertz CT molecular complexity index is 537. The van der Waals surface area contributed by atoms with E-state index < -0.39 is 0 Å². The molecule has 0 bridgehead atoms. The zero-order chi connectivity index (χ0) is 14.4. The second kappa shape index (κ2) is 7.32. The molecule has 3 heteroatoms. The van der Waals surface area contributed by atoms with Crippen LogP contribution in [0.2, 0.25) is 5.02 Å². The average Bonchev–Trinajstić information content (AvgIpc) is 2.48. The monoisotopic (exact) mass is 290 g/mol. The van der Waals surface area contributed by atoms with Crippen LogP contribution in [0.3, 0.4) is 0 Å². The lowest BCUT2D eigenvalue weighted by molar-refractivity contribution is 0.262. The first-order valence-electron chi connectivity index (χ1n) is 6.81. The zero-order valence-electron chi connectivity index (χ0n) is 11.6. The first kappa shape index (κ1) is 14.9. The fraction of sp³-hybridized carbons (Fsp3) is 0.294. The van der Waals surface area contributed by atoms with Crippen LogP contribution in [0.25, 0.3) is 0 Å². The number of benzene rings is 2. The van der Waals surface area contributed by atoms with Crippen LogP contribution in [0.4, 0.5) is 0 Å². The van der Waals surface area contributed by atoms with Crippen molar-refractivity contribution in [2.24, 2.45) is 0 Å². The Morgan fingerprint density at radius 3 is 2.45 bits per heavy atom. The number of para-hydroxylation sites is 1. The lowest BCUT2D eigenvalue weighted by Gasteiger charge is -2.17. The van der Waals surface area contributed by atoms with E-state index in [0.29, 0.717) is 11.6 Å². The highest BCUT2D eigenvalue weighted by Crippen LogP contribution is 2.27. The first-order valence-corrected chi connectivity index (χ1v) is 7.19. The predicted molar refractivity (Wildman–Crippen MR) is 82.6 cm³/mol. The minimum Gasteiger partial charge on any atom is -0.494 e. The number of aliphatic hydroxyl groups excluding tert-OH is 1. The molecule has 1 atom stereocenters. The van der Waals surface area contributed by atoms with E-state index in [2.05, 4.69) is 0 Å². The number of aliphatic hydroxyl groups is 1. The van der Waals surface area contributed by atoms with Crippen LogP contribution in [-0.4, -0.2) is 18.3 Å². The fourth-order valence-electron chi connectivity index (χ4n) is 2.26. The lowest BCUT2D eigenvalue weighted by Crippen LogP contribution is -2.09. The molecule has 1 unspecified atom stereocenters. The van der Waals surface area contributed by atoms with Crippen LogP contribution < -0.4 is 4.74 Å². The number of rotatable bonds is 6. The third-order valence-electron chi connectivity index (χ3n) is 3.30. The second-order valence-electron chi connectivity index (χ2n) is 4.68. The Kier molecular flexibility index (Phi) is 5.45. The van der Waals surface area contributed by atoms with Crippen molar-refractivity contribution in [3.8, 4) is 5.75 Å². The summed E-state index contributed by atoms with van der Waals surface area (Å²) in [5.74, 6) is 0.941. The van der Waals surface area contributed by atoms with E-state index in [0.717, 1.165) is 23.3 Å². The van der Waals surface area contributed by atoms with Crippen molar-refractivity contribution in [2.45, 2.75) is 19.3 Å². The molecular weight excluding hydrogens is 272 g/mol. The smallest absolute Gasteiger partial charge is 0.122 e. The number of ether oxygens (including phenoxy) is 1. The van der Waals surface area contributed by atoms with Crippen LogP contribution in [0.15, 0.2) is 48.5 Å². The highest BCUT2D eigenvalue weighted by molar-refractivity contribution is 6.30. The van der Waals surface area contributed by atoms with Crippen molar-refractivity contribution in [2.75, 3.05) is 13.2 Å². The van der Waals surface area contributed by atoms with Crippen molar-refractivity contribution in [3.63, 3.8) is 0 Å². The van der Waals surface area contributed by atoms with E-state index >= 15 is 0 Å². The molecule has 2 aromatic carbocycles. The summed E-state index contributed by atoms with van der Waals surface area (Å²) in [6, 6.07) is 15.6. The molecule has 106 valence electrons. The molecule has 0 aromatic heterocycles. The van der Waals surface area contributed by atoms with Crippen molar-refractivity contribution in [1.82, 2.24) is 0 Å². The summed E-state index contributed by atoms with van der Waals surface area (Å²) in [7, 11) is 0. The Labute approximate surface area is 125 Å². The molecule has 1 N–H and O–H groups in total. The normalized spacial score (nSPS) is 12.2. The van der Waals surface area contributed by atoms with E-state index in [9.17, 15) is 5.11 Å². The largest absolute Gasteiger partial charge is 0.494 e. The third kappa shape index (κ3) is 3.75. The van der Waals surface area contributed by atoms with E-state index in [1.165, 1.54) is 0 Å². The van der Waals surface area contributed by atoms with Gasteiger partial charge in [-0.05, 0) is 42.7 Å². The van der Waals surface area contributed by atoms with Gasteiger partial charge in [0.05, 0.1) is 13.2 Å². The quantitative estimate of drug-likeness (QED) is 0.869. The maximum Gasteiger partial charge on any atom is 0.122 e. The molecule has 2 rings (SSSR count). The number of halogens is 1. The summed E-state index contributed by atoms with van der Waals surface area (Å²) in [4.78, 5) is 0. The summed E-state index contributed by atoms with van der Waals surface area (Å²) in [5, 5.41) is 10.4. The third-order valence-corrected chi connectivity index (χ3v) is 3.55. The van der Waals surface area contributed by atoms with Crippen LogP contribution >= 0.6 is 11.6 Å². The van der Waals surface area contributed by atoms with Gasteiger partial charge in [-0.2, -0.15) is 0 Å². The zero-order valence-corrected chi connectivity index (χ0v) is 12.3. The van der Waals surface area contributed by atoms with Gasteiger partial charge in [-0.15, -0.1) is 0 Å². The van der Waals surface area contributed by atoms with Gasteiger partial charge in [0, 0.05) is 10.9 Å². The van der Waals surface area contributed by atoms with Crippen molar-refractivity contribution < 1.29 is 9.84 Å². The number of hydrogen-bond donors (Lipinski definition) is 1. The lowest BCUT2D eigenvalue weighted by atomic mass is 9.92. The minimum atomic E-state index is 0.0499. The Morgan fingerprint density at radius 2 is 1.80 bits per heavy atom. The van der Waals surface area contributed by atoms with Crippen LogP contribution in [0, 0.1) is 0 Å². The molecule has 2 aromatic rings. The van der Waals surface area contributed by atoms with E-state index in [1.807, 2.05) is 55.5 Å². The van der Waals surface area contributed by atoms with Crippen molar-refractivity contribution in [3.05, 3.63) is 64.7 Å². The summed E-state index contributed by atoms with van der Waals surface area (Å²) >= 11 is 5.90. The molecule has 0 saturated heterocycles. The Morgan fingerprint density at radius 1 is 1.10 bits per heavy atom. The maximum absolute atomic E-state index is 9.66. The van der Waals surface area contributed by atoms with Crippen LogP contribution in [0.5, 0.6) is 5.75 Å². The van der Waals surface area contributed by atoms with Crippen LogP contribution in [-0.2, 0) is 6.42 Å². The van der Waals surface area contributed by atoms with Gasteiger partial charge in [-0.3, -0.25) is 0 Å². The summed E-state index contributed by atoms with van der Waals surface area (Å²) in [6.07, 6.45) is 0.744. The summed E-state index contributed by atoms with van der Waals surface area (Å²) in [5.41, 5.74) is 2.20. The molecule has 2 nitrogen and oxygen atoms in total. The molecule has 20 heavy (non-hydrogen) atoms. The number of hydrogen-bond acceptors (Lipinski definition) is 2. The predicted octanol–water partition coefficient (Wildman–Crippen LogP) is 4.06. The van der Waals surface area contributed by atoms with Crippen LogP contribution in [0.1, 0.15) is 24.0 Å². The molecule has 0 radical (unpaired) electrons. The molecular formula is C17H19ClO2.